The lowest BCUT2D eigenvalue weighted by Gasteiger charge is -2.48. The summed E-state index contributed by atoms with van der Waals surface area (Å²) in [4.78, 5) is 25.4. The molecule has 1 aliphatic heterocycles. The van der Waals surface area contributed by atoms with Gasteiger partial charge in [0, 0.05) is 42.3 Å². The number of hydrogen-bond donors (Lipinski definition) is 0. The number of aromatic nitrogens is 3. The molecular weight excluding hydrogens is 457 g/mol. The average molecular weight is 488 g/mol. The third-order valence-electron chi connectivity index (χ3n) is 6.68. The largest absolute Gasteiger partial charge is 0.416 e. The molecule has 10 heteroatoms. The van der Waals surface area contributed by atoms with E-state index in [0.717, 1.165) is 17.7 Å². The van der Waals surface area contributed by atoms with Crippen molar-refractivity contribution in [2.24, 2.45) is 6.98 Å². The molecule has 3 aromatic rings. The minimum atomic E-state index is -4.41. The number of fused-ring (bicyclic) bond motifs is 1. The highest BCUT2D eigenvalue weighted by molar-refractivity contribution is 5.86. The van der Waals surface area contributed by atoms with Gasteiger partial charge in [0.1, 0.15) is 17.3 Å². The maximum Gasteiger partial charge on any atom is 0.416 e. The van der Waals surface area contributed by atoms with E-state index in [-0.39, 0.29) is 40.7 Å². The quantitative estimate of drug-likeness (QED) is 0.547. The van der Waals surface area contributed by atoms with Crippen LogP contribution in [-0.2, 0) is 13.2 Å². The first kappa shape index (κ1) is 20.9. The van der Waals surface area contributed by atoms with Crippen LogP contribution in [0.3, 0.4) is 0 Å². The van der Waals surface area contributed by atoms with E-state index in [2.05, 4.69) is 14.9 Å². The summed E-state index contributed by atoms with van der Waals surface area (Å²) >= 11 is 0. The van der Waals surface area contributed by atoms with Crippen LogP contribution in [0.25, 0.3) is 11.0 Å². The first-order valence-corrected chi connectivity index (χ1v) is 11.3. The van der Waals surface area contributed by atoms with Gasteiger partial charge < -0.3 is 4.90 Å². The normalized spacial score (nSPS) is 21.7. The monoisotopic (exact) mass is 487 g/mol. The SMILES string of the molecule is [2H]C([2H])([2H])n1c(=O)nc(N2CC(CC)N(C(C)c3ccc(C(F)(F)F)cc3)C[C@@H]2C)c2nc(C#N)ccc21. The highest BCUT2D eigenvalue weighted by atomic mass is 19.4. The summed E-state index contributed by atoms with van der Waals surface area (Å²) in [6.45, 7) is 4.00. The topological polar surface area (TPSA) is 78.1 Å². The van der Waals surface area contributed by atoms with Crippen molar-refractivity contribution in [2.45, 2.75) is 51.5 Å². The third-order valence-corrected chi connectivity index (χ3v) is 6.68. The van der Waals surface area contributed by atoms with Gasteiger partial charge in [-0.25, -0.2) is 9.78 Å². The van der Waals surface area contributed by atoms with Gasteiger partial charge in [-0.1, -0.05) is 19.1 Å². The molecule has 1 fully saturated rings. The summed E-state index contributed by atoms with van der Waals surface area (Å²) in [5.41, 5.74) is -0.634. The van der Waals surface area contributed by atoms with Gasteiger partial charge in [0.2, 0.25) is 0 Å². The molecule has 184 valence electrons. The number of nitrogens with zero attached hydrogens (tertiary/aromatic N) is 6. The fourth-order valence-corrected chi connectivity index (χ4v) is 4.70. The van der Waals surface area contributed by atoms with Crippen LogP contribution in [0.4, 0.5) is 19.0 Å². The van der Waals surface area contributed by atoms with Crippen LogP contribution in [0, 0.1) is 11.3 Å². The van der Waals surface area contributed by atoms with Crippen molar-refractivity contribution in [1.82, 2.24) is 19.4 Å². The molecule has 0 N–H and O–H groups in total. The standard InChI is InChI=1S/C25H27F3N6O/c1-5-20-14-33(23-22-21(32(4)24(35)31-23)11-10-19(12-29)30-22)15(2)13-34(20)16(3)17-6-8-18(9-7-17)25(26,27)28/h6-11,15-16,20H,5,13-14H2,1-4H3/t15-,16?,20?/m0/s1/i4D3. The highest BCUT2D eigenvalue weighted by Gasteiger charge is 2.36. The molecule has 0 saturated carbocycles. The van der Waals surface area contributed by atoms with Gasteiger partial charge in [-0.15, -0.1) is 0 Å². The van der Waals surface area contributed by atoms with Crippen molar-refractivity contribution in [2.75, 3.05) is 18.0 Å². The molecule has 0 bridgehead atoms. The molecule has 35 heavy (non-hydrogen) atoms. The Bertz CT molecular complexity index is 1430. The third kappa shape index (κ3) is 4.60. The Morgan fingerprint density at radius 1 is 1.20 bits per heavy atom. The van der Waals surface area contributed by atoms with Gasteiger partial charge >= 0.3 is 11.9 Å². The predicted molar refractivity (Wildman–Crippen MR) is 127 cm³/mol. The Balaban J connectivity index is 1.72. The van der Waals surface area contributed by atoms with Crippen LogP contribution in [0.1, 0.15) is 54.2 Å². The molecule has 3 heterocycles. The van der Waals surface area contributed by atoms with Gasteiger partial charge in [0.05, 0.1) is 11.1 Å². The van der Waals surface area contributed by atoms with Gasteiger partial charge in [0.25, 0.3) is 0 Å². The Hall–Kier alpha value is -3.45. The van der Waals surface area contributed by atoms with E-state index in [0.29, 0.717) is 24.1 Å². The summed E-state index contributed by atoms with van der Waals surface area (Å²) in [6.07, 6.45) is -3.70. The van der Waals surface area contributed by atoms with E-state index >= 15 is 0 Å². The van der Waals surface area contributed by atoms with Crippen LogP contribution in [0.15, 0.2) is 41.2 Å². The van der Waals surface area contributed by atoms with E-state index in [9.17, 15) is 23.2 Å². The number of aryl methyl sites for hydroxylation is 1. The number of rotatable bonds is 4. The van der Waals surface area contributed by atoms with Gasteiger partial charge in [-0.3, -0.25) is 9.47 Å². The molecule has 7 nitrogen and oxygen atoms in total. The van der Waals surface area contributed by atoms with Gasteiger partial charge in [0.15, 0.2) is 5.82 Å². The molecule has 2 aromatic heterocycles. The number of pyridine rings is 1. The molecule has 0 radical (unpaired) electrons. The van der Waals surface area contributed by atoms with Crippen LogP contribution < -0.4 is 10.6 Å². The molecule has 3 atom stereocenters. The van der Waals surface area contributed by atoms with Crippen LogP contribution in [0.5, 0.6) is 0 Å². The molecule has 1 saturated heterocycles. The van der Waals surface area contributed by atoms with Crippen molar-refractivity contribution in [3.8, 4) is 6.07 Å². The average Bonchev–Trinajstić information content (AvgIpc) is 2.86. The number of alkyl halides is 3. The minimum absolute atomic E-state index is 0.0514. The number of anilines is 1. The number of piperazine rings is 1. The maximum atomic E-state index is 13.0. The molecule has 0 aliphatic carbocycles. The fourth-order valence-electron chi connectivity index (χ4n) is 4.70. The van der Waals surface area contributed by atoms with Crippen molar-refractivity contribution >= 4 is 16.9 Å². The highest BCUT2D eigenvalue weighted by Crippen LogP contribution is 2.34. The van der Waals surface area contributed by atoms with Crippen molar-refractivity contribution in [3.63, 3.8) is 0 Å². The maximum absolute atomic E-state index is 13.0. The Morgan fingerprint density at radius 2 is 1.91 bits per heavy atom. The number of nitriles is 1. The first-order valence-electron chi connectivity index (χ1n) is 12.8. The molecule has 1 aliphatic rings. The van der Waals surface area contributed by atoms with E-state index in [1.54, 1.807) is 0 Å². The molecule has 2 unspecified atom stereocenters. The van der Waals surface area contributed by atoms with Crippen LogP contribution in [-0.4, -0.2) is 44.6 Å². The fraction of sp³-hybridized carbons (Fsp3) is 0.440. The second kappa shape index (κ2) is 9.30. The van der Waals surface area contributed by atoms with E-state index in [1.807, 2.05) is 31.7 Å². The second-order valence-electron chi connectivity index (χ2n) is 8.79. The van der Waals surface area contributed by atoms with Gasteiger partial charge in [-0.2, -0.15) is 23.4 Å². The molecule has 4 rings (SSSR count). The van der Waals surface area contributed by atoms with E-state index in [1.165, 1.54) is 24.3 Å². The lowest BCUT2D eigenvalue weighted by Crippen LogP contribution is -2.58. The first-order chi connectivity index (χ1) is 17.8. The van der Waals surface area contributed by atoms with E-state index < -0.39 is 24.4 Å². The number of halogens is 3. The second-order valence-corrected chi connectivity index (χ2v) is 8.79. The Kier molecular flexibility index (Phi) is 5.55. The zero-order valence-electron chi connectivity index (χ0n) is 22.5. The Morgan fingerprint density at radius 3 is 2.51 bits per heavy atom. The summed E-state index contributed by atoms with van der Waals surface area (Å²) < 4.78 is 63.1. The molecule has 0 spiro atoms. The van der Waals surface area contributed by atoms with Crippen LogP contribution in [0.2, 0.25) is 0 Å². The lowest BCUT2D eigenvalue weighted by atomic mass is 9.98. The number of hydrogen-bond acceptors (Lipinski definition) is 6. The molecular formula is C25H27F3N6O. The Labute approximate surface area is 205 Å². The lowest BCUT2D eigenvalue weighted by molar-refractivity contribution is -0.137. The zero-order chi connectivity index (χ0) is 28.0. The summed E-state index contributed by atoms with van der Waals surface area (Å²) in [7, 11) is 0. The van der Waals surface area contributed by atoms with Crippen molar-refractivity contribution < 1.29 is 17.3 Å². The van der Waals surface area contributed by atoms with Crippen molar-refractivity contribution in [3.05, 3.63) is 63.7 Å². The van der Waals surface area contributed by atoms with Gasteiger partial charge in [-0.05, 0) is 50.1 Å². The summed E-state index contributed by atoms with van der Waals surface area (Å²) in [6, 6.07) is 9.41. The van der Waals surface area contributed by atoms with Crippen LogP contribution >= 0.6 is 0 Å². The minimum Gasteiger partial charge on any atom is -0.349 e. The van der Waals surface area contributed by atoms with E-state index in [4.69, 9.17) is 4.11 Å². The van der Waals surface area contributed by atoms with Crippen molar-refractivity contribution in [1.29, 1.82) is 5.26 Å². The summed E-state index contributed by atoms with van der Waals surface area (Å²) in [5.74, 6) is 0.204. The smallest absolute Gasteiger partial charge is 0.349 e. The predicted octanol–water partition coefficient (Wildman–Crippen LogP) is 4.27. The zero-order valence-corrected chi connectivity index (χ0v) is 19.5. The summed E-state index contributed by atoms with van der Waals surface area (Å²) in [5, 5.41) is 9.38. The number of benzene rings is 1. The molecule has 0 amide bonds. The molecule has 1 aromatic carbocycles.